The summed E-state index contributed by atoms with van der Waals surface area (Å²) in [6, 6.07) is 15.3. The van der Waals surface area contributed by atoms with E-state index in [1.807, 2.05) is 0 Å². The molecule has 3 aromatic rings. The summed E-state index contributed by atoms with van der Waals surface area (Å²) in [5.41, 5.74) is 7.01. The van der Waals surface area contributed by atoms with Crippen molar-refractivity contribution < 1.29 is 61.9 Å². The first-order valence-electron chi connectivity index (χ1n) is 5.78. The Morgan fingerprint density at radius 1 is 0.850 bits per heavy atom. The maximum absolute atomic E-state index is 3.57. The van der Waals surface area contributed by atoms with Gasteiger partial charge in [-0.05, 0) is 0 Å². The predicted octanol–water partition coefficient (Wildman–Crippen LogP) is -6.08. The van der Waals surface area contributed by atoms with Crippen LogP contribution < -0.4 is 40.5 Å². The molecule has 0 bridgehead atoms. The first-order valence-corrected chi connectivity index (χ1v) is 7.01. The van der Waals surface area contributed by atoms with Gasteiger partial charge in [0.1, 0.15) is 0 Å². The molecule has 0 fully saturated rings. The van der Waals surface area contributed by atoms with E-state index in [4.69, 9.17) is 0 Å². The summed E-state index contributed by atoms with van der Waals surface area (Å²) < 4.78 is 1.49. The van der Waals surface area contributed by atoms with Crippen LogP contribution in [0.4, 0.5) is 0 Å². The fourth-order valence-corrected chi connectivity index (χ4v) is 3.59. The molecular formula is C15H10Cl3NZr. The van der Waals surface area contributed by atoms with Crippen molar-refractivity contribution in [2.45, 2.75) is 6.42 Å². The molecule has 100 valence electrons. The van der Waals surface area contributed by atoms with E-state index in [2.05, 4.69) is 47.4 Å². The zero-order chi connectivity index (χ0) is 11.4. The number of H-pyrrole nitrogens is 1. The Morgan fingerprint density at radius 2 is 1.60 bits per heavy atom. The molecular weight excluding hydrogens is 392 g/mol. The van der Waals surface area contributed by atoms with Crippen LogP contribution in [0.5, 0.6) is 0 Å². The SMILES string of the molecule is [Cl-].[Cl-].[Cl-].[Zr+3][c]1cccc2c1Cc1c-2[nH]c2ccccc12. The van der Waals surface area contributed by atoms with Crippen molar-refractivity contribution in [2.75, 3.05) is 0 Å². The maximum atomic E-state index is 3.57. The van der Waals surface area contributed by atoms with Gasteiger partial charge >= 0.3 is 115 Å². The van der Waals surface area contributed by atoms with E-state index in [0.717, 1.165) is 6.42 Å². The Bertz CT molecular complexity index is 752. The Labute approximate surface area is 151 Å². The Balaban J connectivity index is 0.000000667. The third kappa shape index (κ3) is 2.48. The van der Waals surface area contributed by atoms with Crippen LogP contribution in [0.25, 0.3) is 22.2 Å². The number of para-hydroxylation sites is 1. The number of aromatic nitrogens is 1. The number of benzene rings is 2. The second-order valence-corrected chi connectivity index (χ2v) is 5.86. The van der Waals surface area contributed by atoms with Gasteiger partial charge in [-0.1, -0.05) is 0 Å². The minimum atomic E-state index is 0. The Morgan fingerprint density at radius 3 is 2.40 bits per heavy atom. The fourth-order valence-electron chi connectivity index (χ4n) is 2.80. The van der Waals surface area contributed by atoms with Gasteiger partial charge < -0.3 is 37.2 Å². The molecule has 2 aromatic carbocycles. The number of fused-ring (bicyclic) bond motifs is 5. The summed E-state index contributed by atoms with van der Waals surface area (Å²) in [6.45, 7) is 0. The van der Waals surface area contributed by atoms with Crippen molar-refractivity contribution in [3.63, 3.8) is 0 Å². The topological polar surface area (TPSA) is 15.8 Å². The second kappa shape index (κ2) is 6.66. The van der Waals surface area contributed by atoms with E-state index < -0.39 is 0 Å². The van der Waals surface area contributed by atoms with E-state index in [-0.39, 0.29) is 37.2 Å². The average Bonchev–Trinajstić information content (AvgIpc) is 2.87. The van der Waals surface area contributed by atoms with Crippen molar-refractivity contribution in [1.29, 1.82) is 0 Å². The summed E-state index contributed by atoms with van der Waals surface area (Å²) in [5, 5.41) is 1.38. The number of hydrogen-bond acceptors (Lipinski definition) is 0. The molecule has 0 amide bonds. The monoisotopic (exact) mass is 399 g/mol. The third-order valence-electron chi connectivity index (χ3n) is 3.61. The molecule has 1 aliphatic carbocycles. The first-order chi connectivity index (χ1) is 8.34. The first kappa shape index (κ1) is 17.8. The third-order valence-corrected chi connectivity index (χ3v) is 4.76. The molecule has 0 radical (unpaired) electrons. The van der Waals surface area contributed by atoms with Crippen LogP contribution in [-0.4, -0.2) is 4.98 Å². The van der Waals surface area contributed by atoms with Gasteiger partial charge in [-0.15, -0.1) is 0 Å². The van der Waals surface area contributed by atoms with Crippen LogP contribution in [0.1, 0.15) is 11.1 Å². The molecule has 0 saturated carbocycles. The molecule has 1 nitrogen and oxygen atoms in total. The quantitative estimate of drug-likeness (QED) is 0.302. The number of aromatic amines is 1. The minimum absolute atomic E-state index is 0. The van der Waals surface area contributed by atoms with Gasteiger partial charge in [0.05, 0.1) is 0 Å². The van der Waals surface area contributed by atoms with Crippen molar-refractivity contribution in [2.24, 2.45) is 0 Å². The number of nitrogens with one attached hydrogen (secondary N) is 1. The van der Waals surface area contributed by atoms with Crippen LogP contribution in [0.15, 0.2) is 42.5 Å². The summed E-state index contributed by atoms with van der Waals surface area (Å²) >= 11 is 1.51. The van der Waals surface area contributed by atoms with Gasteiger partial charge in [-0.2, -0.15) is 0 Å². The molecule has 0 atom stereocenters. The van der Waals surface area contributed by atoms with E-state index in [0.29, 0.717) is 0 Å². The van der Waals surface area contributed by atoms with Crippen LogP contribution in [0.2, 0.25) is 0 Å². The van der Waals surface area contributed by atoms with E-state index in [1.165, 1.54) is 61.3 Å². The molecule has 20 heavy (non-hydrogen) atoms. The summed E-state index contributed by atoms with van der Waals surface area (Å²) in [6.07, 6.45) is 1.09. The summed E-state index contributed by atoms with van der Waals surface area (Å²) in [5.74, 6) is 0. The molecule has 4 rings (SSSR count). The summed E-state index contributed by atoms with van der Waals surface area (Å²) in [4.78, 5) is 3.57. The number of hydrogen-bond donors (Lipinski definition) is 1. The van der Waals surface area contributed by atoms with Crippen molar-refractivity contribution in [3.8, 4) is 11.3 Å². The van der Waals surface area contributed by atoms with Gasteiger partial charge in [-0.25, -0.2) is 0 Å². The molecule has 0 saturated heterocycles. The zero-order valence-corrected chi connectivity index (χ0v) is 15.1. The molecule has 1 aliphatic rings. The van der Waals surface area contributed by atoms with Gasteiger partial charge in [0.15, 0.2) is 0 Å². The van der Waals surface area contributed by atoms with E-state index in [1.54, 1.807) is 0 Å². The van der Waals surface area contributed by atoms with Crippen molar-refractivity contribution >= 4 is 14.2 Å². The molecule has 0 aliphatic heterocycles. The molecule has 1 N–H and O–H groups in total. The van der Waals surface area contributed by atoms with E-state index >= 15 is 0 Å². The Kier molecular flexibility index (Phi) is 5.93. The van der Waals surface area contributed by atoms with Crippen LogP contribution in [-0.2, 0) is 31.1 Å². The standard InChI is InChI=1S/C15H10N.3ClH.Zr/c1-2-6-11-10(5-1)9-13-12-7-3-4-8-14(12)16-15(11)13;;;;/h1-4,6-8,16H,9H2;3*1H;/q;;;;+3/p-3. The zero-order valence-electron chi connectivity index (χ0n) is 10.4. The number of rotatable bonds is 0. The van der Waals surface area contributed by atoms with Crippen molar-refractivity contribution in [1.82, 2.24) is 4.98 Å². The summed E-state index contributed by atoms with van der Waals surface area (Å²) in [7, 11) is 0. The van der Waals surface area contributed by atoms with Gasteiger partial charge in [-0.3, -0.25) is 0 Å². The normalized spacial score (nSPS) is 10.9. The van der Waals surface area contributed by atoms with Crippen molar-refractivity contribution in [3.05, 3.63) is 53.6 Å². The van der Waals surface area contributed by atoms with Crippen LogP contribution in [0, 0.1) is 0 Å². The van der Waals surface area contributed by atoms with E-state index in [9.17, 15) is 0 Å². The molecule has 0 unspecified atom stereocenters. The molecule has 1 heterocycles. The van der Waals surface area contributed by atoms with Gasteiger partial charge in [0.25, 0.3) is 0 Å². The van der Waals surface area contributed by atoms with Gasteiger partial charge in [0.2, 0.25) is 0 Å². The second-order valence-electron chi connectivity index (χ2n) is 4.53. The van der Waals surface area contributed by atoms with Crippen LogP contribution in [0.3, 0.4) is 0 Å². The fraction of sp³-hybridized carbons (Fsp3) is 0.0667. The van der Waals surface area contributed by atoms with Gasteiger partial charge in [0, 0.05) is 0 Å². The molecule has 5 heteroatoms. The number of halogens is 3. The van der Waals surface area contributed by atoms with Crippen LogP contribution >= 0.6 is 0 Å². The molecule has 1 aromatic heterocycles. The average molecular weight is 402 g/mol. The molecule has 0 spiro atoms. The predicted molar refractivity (Wildman–Crippen MR) is 66.2 cm³/mol. The Hall–Kier alpha value is -0.267.